The molecule has 2 aromatic rings. The third-order valence-corrected chi connectivity index (χ3v) is 8.87. The predicted octanol–water partition coefficient (Wildman–Crippen LogP) is 3.37. The number of amides is 4. The molecule has 1 fully saturated rings. The summed E-state index contributed by atoms with van der Waals surface area (Å²) in [5.74, 6) is -0.731. The highest BCUT2D eigenvalue weighted by Gasteiger charge is 2.46. The van der Waals surface area contributed by atoms with Gasteiger partial charge in [0.05, 0.1) is 6.04 Å². The van der Waals surface area contributed by atoms with Crippen molar-refractivity contribution in [3.8, 4) is 5.75 Å². The molecule has 5 rings (SSSR count). The fourth-order valence-corrected chi connectivity index (χ4v) is 6.04. The van der Waals surface area contributed by atoms with Gasteiger partial charge in [-0.3, -0.25) is 24.1 Å². The SMILES string of the molecule is CC[C@H](C)[C@@H]1NC(=O)[C@H]2[C@@H](CCN2C(=O)[C@H](Cc2ccccc2)NC(=O)[C@H](CC(C)C)N(C)C)Oc2ccc(cc2)C=CNC1=O. The van der Waals surface area contributed by atoms with Crippen molar-refractivity contribution in [3.05, 3.63) is 71.9 Å². The van der Waals surface area contributed by atoms with E-state index in [-0.39, 0.29) is 42.5 Å². The van der Waals surface area contributed by atoms with Gasteiger partial charge in [0.2, 0.25) is 23.6 Å². The molecule has 4 amide bonds. The topological polar surface area (TPSA) is 120 Å². The third kappa shape index (κ3) is 8.75. The van der Waals surface area contributed by atoms with Gasteiger partial charge < -0.3 is 25.6 Å². The summed E-state index contributed by atoms with van der Waals surface area (Å²) in [5.41, 5.74) is 1.76. The summed E-state index contributed by atoms with van der Waals surface area (Å²) in [7, 11) is 3.71. The molecular weight excluding hydrogens is 582 g/mol. The van der Waals surface area contributed by atoms with Crippen LogP contribution in [0, 0.1) is 11.8 Å². The van der Waals surface area contributed by atoms with Gasteiger partial charge in [-0.25, -0.2) is 0 Å². The van der Waals surface area contributed by atoms with Gasteiger partial charge in [0.25, 0.3) is 0 Å². The van der Waals surface area contributed by atoms with E-state index in [0.29, 0.717) is 25.0 Å². The molecule has 2 bridgehead atoms. The van der Waals surface area contributed by atoms with Crippen LogP contribution in [0.3, 0.4) is 0 Å². The molecule has 248 valence electrons. The Morgan fingerprint density at radius 3 is 2.35 bits per heavy atom. The summed E-state index contributed by atoms with van der Waals surface area (Å²) >= 11 is 0. The molecule has 6 atom stereocenters. The van der Waals surface area contributed by atoms with Crippen LogP contribution in [0.1, 0.15) is 58.1 Å². The van der Waals surface area contributed by atoms with Crippen LogP contribution in [0.4, 0.5) is 0 Å². The minimum Gasteiger partial charge on any atom is -0.488 e. The zero-order chi connectivity index (χ0) is 33.4. The van der Waals surface area contributed by atoms with E-state index in [2.05, 4.69) is 29.8 Å². The maximum Gasteiger partial charge on any atom is 0.247 e. The van der Waals surface area contributed by atoms with Gasteiger partial charge in [0.1, 0.15) is 30.0 Å². The van der Waals surface area contributed by atoms with Crippen molar-refractivity contribution in [3.63, 3.8) is 0 Å². The Hall–Kier alpha value is -4.18. The number of likely N-dealkylation sites (N-methyl/N-ethyl adjacent to an activating group) is 1. The molecule has 3 aliphatic rings. The zero-order valence-corrected chi connectivity index (χ0v) is 27.9. The number of nitrogens with one attached hydrogen (secondary N) is 3. The van der Waals surface area contributed by atoms with Gasteiger partial charge in [-0.05, 0) is 61.7 Å². The van der Waals surface area contributed by atoms with Crippen molar-refractivity contribution in [1.29, 1.82) is 0 Å². The number of carbonyl (C=O) groups is 4. The first-order chi connectivity index (χ1) is 22.0. The average molecular weight is 632 g/mol. The maximum absolute atomic E-state index is 14.5. The van der Waals surface area contributed by atoms with Gasteiger partial charge >= 0.3 is 0 Å². The first kappa shape index (κ1) is 34.7. The lowest BCUT2D eigenvalue weighted by atomic mass is 9.97. The van der Waals surface area contributed by atoms with Gasteiger partial charge in [0.15, 0.2) is 0 Å². The summed E-state index contributed by atoms with van der Waals surface area (Å²) in [6.07, 6.45) is 4.65. The van der Waals surface area contributed by atoms with Crippen molar-refractivity contribution in [2.75, 3.05) is 20.6 Å². The van der Waals surface area contributed by atoms with Gasteiger partial charge in [-0.2, -0.15) is 0 Å². The molecule has 3 aliphatic heterocycles. The smallest absolute Gasteiger partial charge is 0.247 e. The van der Waals surface area contributed by atoms with Gasteiger partial charge in [-0.15, -0.1) is 0 Å². The second kappa shape index (κ2) is 15.9. The average Bonchev–Trinajstić information content (AvgIpc) is 3.45. The molecular formula is C36H49N5O5. The number of carbonyl (C=O) groups excluding carboxylic acids is 4. The Bertz CT molecular complexity index is 1380. The molecule has 46 heavy (non-hydrogen) atoms. The minimum absolute atomic E-state index is 0.164. The van der Waals surface area contributed by atoms with Crippen molar-refractivity contribution >= 4 is 29.7 Å². The lowest BCUT2D eigenvalue weighted by Gasteiger charge is -2.33. The third-order valence-electron chi connectivity index (χ3n) is 8.87. The highest BCUT2D eigenvalue weighted by Crippen LogP contribution is 2.27. The second-order valence-electron chi connectivity index (χ2n) is 13.1. The van der Waals surface area contributed by atoms with E-state index < -0.39 is 36.2 Å². The molecule has 1 saturated heterocycles. The fraction of sp³-hybridized carbons (Fsp3) is 0.500. The summed E-state index contributed by atoms with van der Waals surface area (Å²) in [6, 6.07) is 13.7. The van der Waals surface area contributed by atoms with Crippen LogP contribution in [-0.4, -0.2) is 84.3 Å². The fourth-order valence-electron chi connectivity index (χ4n) is 6.04. The van der Waals surface area contributed by atoms with Crippen LogP contribution in [0.25, 0.3) is 6.08 Å². The Morgan fingerprint density at radius 1 is 1.02 bits per heavy atom. The number of hydrogen-bond donors (Lipinski definition) is 3. The summed E-state index contributed by atoms with van der Waals surface area (Å²) < 4.78 is 6.36. The molecule has 10 heteroatoms. The largest absolute Gasteiger partial charge is 0.488 e. The monoisotopic (exact) mass is 631 g/mol. The van der Waals surface area contributed by atoms with E-state index in [9.17, 15) is 19.2 Å². The van der Waals surface area contributed by atoms with E-state index in [0.717, 1.165) is 11.1 Å². The van der Waals surface area contributed by atoms with Crippen molar-refractivity contribution in [2.45, 2.75) is 83.6 Å². The van der Waals surface area contributed by atoms with Crippen LogP contribution in [0.5, 0.6) is 5.75 Å². The lowest BCUT2D eigenvalue weighted by Crippen LogP contribution is -2.60. The first-order valence-corrected chi connectivity index (χ1v) is 16.3. The molecule has 3 heterocycles. The molecule has 0 aliphatic carbocycles. The maximum atomic E-state index is 14.5. The number of benzene rings is 2. The molecule has 0 radical (unpaired) electrons. The molecule has 0 aromatic heterocycles. The Balaban J connectivity index is 1.69. The quantitative estimate of drug-likeness (QED) is 0.370. The van der Waals surface area contributed by atoms with Crippen LogP contribution >= 0.6 is 0 Å². The van der Waals surface area contributed by atoms with Crippen molar-refractivity contribution in [1.82, 2.24) is 25.8 Å². The van der Waals surface area contributed by atoms with Crippen LogP contribution in [-0.2, 0) is 25.6 Å². The number of fused-ring (bicyclic) bond motifs is 7. The molecule has 0 saturated carbocycles. The van der Waals surface area contributed by atoms with Crippen molar-refractivity contribution < 1.29 is 23.9 Å². The van der Waals surface area contributed by atoms with Gasteiger partial charge in [0, 0.05) is 25.6 Å². The predicted molar refractivity (Wildman–Crippen MR) is 179 cm³/mol. The number of nitrogens with zero attached hydrogens (tertiary/aromatic N) is 2. The Kier molecular flexibility index (Phi) is 12.0. The molecule has 0 spiro atoms. The van der Waals surface area contributed by atoms with E-state index in [1.807, 2.05) is 87.4 Å². The van der Waals surface area contributed by atoms with Crippen LogP contribution in [0.15, 0.2) is 60.8 Å². The summed E-state index contributed by atoms with van der Waals surface area (Å²) in [6.45, 7) is 8.24. The molecule has 10 nitrogen and oxygen atoms in total. The zero-order valence-electron chi connectivity index (χ0n) is 27.9. The van der Waals surface area contributed by atoms with Crippen molar-refractivity contribution in [2.24, 2.45) is 11.8 Å². The van der Waals surface area contributed by atoms with E-state index in [1.165, 1.54) is 4.90 Å². The molecule has 0 unspecified atom stereocenters. The highest BCUT2D eigenvalue weighted by molar-refractivity contribution is 5.96. The van der Waals surface area contributed by atoms with Crippen LogP contribution in [0.2, 0.25) is 0 Å². The summed E-state index contributed by atoms with van der Waals surface area (Å²) in [4.78, 5) is 59.0. The molecule has 2 aromatic carbocycles. The first-order valence-electron chi connectivity index (χ1n) is 16.3. The van der Waals surface area contributed by atoms with E-state index in [1.54, 1.807) is 12.3 Å². The normalized spacial score (nSPS) is 21.9. The second-order valence-corrected chi connectivity index (χ2v) is 13.1. The highest BCUT2D eigenvalue weighted by atomic mass is 16.5. The van der Waals surface area contributed by atoms with E-state index >= 15 is 0 Å². The number of likely N-dealkylation sites (tertiary alicyclic amines) is 1. The number of ether oxygens (including phenoxy) is 1. The number of hydrogen-bond acceptors (Lipinski definition) is 6. The Labute approximate surface area is 272 Å². The van der Waals surface area contributed by atoms with Crippen LogP contribution < -0.4 is 20.7 Å². The summed E-state index contributed by atoms with van der Waals surface area (Å²) in [5, 5.41) is 8.80. The van der Waals surface area contributed by atoms with Gasteiger partial charge in [-0.1, -0.05) is 76.6 Å². The number of rotatable bonds is 10. The molecule has 3 N–H and O–H groups in total. The Morgan fingerprint density at radius 2 is 1.72 bits per heavy atom. The minimum atomic E-state index is -1.01. The van der Waals surface area contributed by atoms with E-state index in [4.69, 9.17) is 4.74 Å². The lowest BCUT2D eigenvalue weighted by molar-refractivity contribution is -0.144. The standard InChI is InChI=1S/C36H49N5O5/c1-7-24(4)31-34(43)37-19-17-25-13-15-27(16-14-25)46-30-18-20-41(32(30)35(44)39-31)36(45)28(22-26-11-9-8-10-12-26)38-33(42)29(40(5)6)21-23(2)3/h8-17,19,23-24,28-32H,7,18,20-22H2,1-6H3,(H,37,43)(H,38,42)(H,39,44)/t24-,28-,29-,30+,31-,32+/m0/s1.